The maximum absolute atomic E-state index is 4.46. The van der Waals surface area contributed by atoms with Crippen LogP contribution in [0.15, 0.2) is 35.8 Å². The molecule has 1 N–H and O–H groups in total. The summed E-state index contributed by atoms with van der Waals surface area (Å²) in [5.74, 6) is 0.993. The first-order chi connectivity index (χ1) is 9.28. The van der Waals surface area contributed by atoms with E-state index in [0.29, 0.717) is 6.04 Å². The number of fused-ring (bicyclic) bond motifs is 1. The summed E-state index contributed by atoms with van der Waals surface area (Å²) in [6, 6.07) is 8.53. The SMILES string of the molecule is CCC(Nc1cc(C)nc2ccnn12)c1cccs1. The minimum atomic E-state index is 0.314. The van der Waals surface area contributed by atoms with Crippen molar-refractivity contribution in [2.24, 2.45) is 0 Å². The van der Waals surface area contributed by atoms with Crippen LogP contribution in [-0.2, 0) is 0 Å². The van der Waals surface area contributed by atoms with Crippen LogP contribution in [0, 0.1) is 6.92 Å². The monoisotopic (exact) mass is 272 g/mol. The van der Waals surface area contributed by atoms with E-state index in [0.717, 1.165) is 23.6 Å². The van der Waals surface area contributed by atoms with Gasteiger partial charge in [-0.1, -0.05) is 13.0 Å². The smallest absolute Gasteiger partial charge is 0.157 e. The highest BCUT2D eigenvalue weighted by Crippen LogP contribution is 2.26. The van der Waals surface area contributed by atoms with E-state index in [1.165, 1.54) is 4.88 Å². The summed E-state index contributed by atoms with van der Waals surface area (Å²) in [4.78, 5) is 5.80. The maximum atomic E-state index is 4.46. The molecule has 98 valence electrons. The number of nitrogens with one attached hydrogen (secondary N) is 1. The topological polar surface area (TPSA) is 42.2 Å². The van der Waals surface area contributed by atoms with Gasteiger partial charge < -0.3 is 5.32 Å². The molecule has 0 amide bonds. The fraction of sp³-hybridized carbons (Fsp3) is 0.286. The van der Waals surface area contributed by atoms with Crippen LogP contribution in [0.2, 0.25) is 0 Å². The lowest BCUT2D eigenvalue weighted by atomic mass is 10.2. The molecule has 3 heterocycles. The lowest BCUT2D eigenvalue weighted by Crippen LogP contribution is -2.12. The van der Waals surface area contributed by atoms with Gasteiger partial charge in [-0.3, -0.25) is 0 Å². The van der Waals surface area contributed by atoms with Crippen molar-refractivity contribution in [1.29, 1.82) is 0 Å². The summed E-state index contributed by atoms with van der Waals surface area (Å²) in [7, 11) is 0. The van der Waals surface area contributed by atoms with Crippen molar-refractivity contribution in [1.82, 2.24) is 14.6 Å². The van der Waals surface area contributed by atoms with Crippen LogP contribution < -0.4 is 5.32 Å². The molecule has 0 fully saturated rings. The summed E-state index contributed by atoms with van der Waals surface area (Å²) in [6.45, 7) is 4.19. The van der Waals surface area contributed by atoms with Crippen molar-refractivity contribution in [2.45, 2.75) is 26.3 Å². The van der Waals surface area contributed by atoms with Gasteiger partial charge in [0.05, 0.1) is 12.2 Å². The van der Waals surface area contributed by atoms with Crippen molar-refractivity contribution in [3.8, 4) is 0 Å². The van der Waals surface area contributed by atoms with Gasteiger partial charge in [0.2, 0.25) is 0 Å². The van der Waals surface area contributed by atoms with E-state index in [9.17, 15) is 0 Å². The molecule has 0 aliphatic heterocycles. The first-order valence-corrected chi connectivity index (χ1v) is 7.27. The second-order valence-corrected chi connectivity index (χ2v) is 5.48. The molecular weight excluding hydrogens is 256 g/mol. The Hall–Kier alpha value is -1.88. The number of hydrogen-bond donors (Lipinski definition) is 1. The minimum absolute atomic E-state index is 0.314. The van der Waals surface area contributed by atoms with Gasteiger partial charge >= 0.3 is 0 Å². The molecule has 0 spiro atoms. The zero-order valence-corrected chi connectivity index (χ0v) is 11.8. The number of nitrogens with zero attached hydrogens (tertiary/aromatic N) is 3. The molecule has 3 rings (SSSR count). The van der Waals surface area contributed by atoms with Gasteiger partial charge in [-0.2, -0.15) is 9.61 Å². The Bertz CT molecular complexity index is 672. The van der Waals surface area contributed by atoms with Gasteiger partial charge in [0.15, 0.2) is 5.65 Å². The average Bonchev–Trinajstić information content (AvgIpc) is 3.05. The highest BCUT2D eigenvalue weighted by Gasteiger charge is 2.12. The molecule has 1 atom stereocenters. The van der Waals surface area contributed by atoms with Crippen LogP contribution in [0.25, 0.3) is 5.65 Å². The van der Waals surface area contributed by atoms with Gasteiger partial charge in [-0.05, 0) is 24.8 Å². The van der Waals surface area contributed by atoms with Gasteiger partial charge in [0, 0.05) is 22.7 Å². The molecule has 0 aliphatic carbocycles. The van der Waals surface area contributed by atoms with E-state index in [2.05, 4.69) is 39.8 Å². The minimum Gasteiger partial charge on any atom is -0.362 e. The number of thiophene rings is 1. The summed E-state index contributed by atoms with van der Waals surface area (Å²) in [6.07, 6.45) is 2.81. The van der Waals surface area contributed by atoms with Crippen LogP contribution in [0.1, 0.15) is 30.0 Å². The molecule has 0 saturated heterocycles. The first kappa shape index (κ1) is 12.2. The molecule has 3 aromatic rings. The zero-order valence-electron chi connectivity index (χ0n) is 11.0. The second kappa shape index (κ2) is 5.01. The molecule has 0 bridgehead atoms. The predicted molar refractivity (Wildman–Crippen MR) is 78.7 cm³/mol. The van der Waals surface area contributed by atoms with Crippen molar-refractivity contribution in [2.75, 3.05) is 5.32 Å². The van der Waals surface area contributed by atoms with Crippen LogP contribution >= 0.6 is 11.3 Å². The van der Waals surface area contributed by atoms with E-state index in [-0.39, 0.29) is 0 Å². The van der Waals surface area contributed by atoms with Gasteiger partial charge in [0.1, 0.15) is 5.82 Å². The lowest BCUT2D eigenvalue weighted by molar-refractivity contribution is 0.747. The maximum Gasteiger partial charge on any atom is 0.157 e. The molecule has 0 saturated carbocycles. The highest BCUT2D eigenvalue weighted by molar-refractivity contribution is 7.10. The van der Waals surface area contributed by atoms with Crippen LogP contribution in [0.3, 0.4) is 0 Å². The normalized spacial score (nSPS) is 12.7. The molecule has 0 aliphatic rings. The van der Waals surface area contributed by atoms with Gasteiger partial charge in [-0.25, -0.2) is 4.98 Å². The standard InChI is InChI=1S/C14H16N4S/c1-3-11(12-5-4-8-19-12)17-14-9-10(2)16-13-6-7-15-18(13)14/h4-9,11,17H,3H2,1-2H3. The fourth-order valence-corrected chi connectivity index (χ4v) is 3.05. The van der Waals surface area contributed by atoms with Crippen molar-refractivity contribution in [3.05, 3.63) is 46.4 Å². The molecule has 19 heavy (non-hydrogen) atoms. The Morgan fingerprint density at radius 3 is 3.05 bits per heavy atom. The fourth-order valence-electron chi connectivity index (χ4n) is 2.18. The average molecular weight is 272 g/mol. The number of aromatic nitrogens is 3. The van der Waals surface area contributed by atoms with Crippen LogP contribution in [0.4, 0.5) is 5.82 Å². The Morgan fingerprint density at radius 2 is 2.32 bits per heavy atom. The van der Waals surface area contributed by atoms with Gasteiger partial charge in [0.25, 0.3) is 0 Å². The number of hydrogen-bond acceptors (Lipinski definition) is 4. The Kier molecular flexibility index (Phi) is 3.21. The summed E-state index contributed by atoms with van der Waals surface area (Å²) in [5, 5.41) is 10.0. The molecule has 1 unspecified atom stereocenters. The van der Waals surface area contributed by atoms with Crippen molar-refractivity contribution >= 4 is 22.8 Å². The van der Waals surface area contributed by atoms with E-state index in [1.807, 2.05) is 23.6 Å². The van der Waals surface area contributed by atoms with Gasteiger partial charge in [-0.15, -0.1) is 11.3 Å². The van der Waals surface area contributed by atoms with E-state index >= 15 is 0 Å². The predicted octanol–water partition coefficient (Wildman–Crippen LogP) is 3.66. The lowest BCUT2D eigenvalue weighted by Gasteiger charge is -2.17. The Balaban J connectivity index is 1.98. The largest absolute Gasteiger partial charge is 0.362 e. The molecule has 4 nitrogen and oxygen atoms in total. The van der Waals surface area contributed by atoms with E-state index < -0.39 is 0 Å². The first-order valence-electron chi connectivity index (χ1n) is 6.39. The Morgan fingerprint density at radius 1 is 1.42 bits per heavy atom. The summed E-state index contributed by atoms with van der Waals surface area (Å²) < 4.78 is 1.85. The number of aryl methyl sites for hydroxylation is 1. The zero-order chi connectivity index (χ0) is 13.2. The van der Waals surface area contributed by atoms with Crippen molar-refractivity contribution in [3.63, 3.8) is 0 Å². The summed E-state index contributed by atoms with van der Waals surface area (Å²) in [5.41, 5.74) is 1.88. The highest BCUT2D eigenvalue weighted by atomic mass is 32.1. The number of rotatable bonds is 4. The third-order valence-corrected chi connectivity index (χ3v) is 4.09. The number of anilines is 1. The van der Waals surface area contributed by atoms with E-state index in [4.69, 9.17) is 0 Å². The summed E-state index contributed by atoms with van der Waals surface area (Å²) >= 11 is 1.78. The molecule has 0 radical (unpaired) electrons. The third kappa shape index (κ3) is 2.33. The third-order valence-electron chi connectivity index (χ3n) is 3.10. The van der Waals surface area contributed by atoms with Crippen molar-refractivity contribution < 1.29 is 0 Å². The van der Waals surface area contributed by atoms with E-state index in [1.54, 1.807) is 17.5 Å². The second-order valence-electron chi connectivity index (χ2n) is 4.50. The molecule has 0 aromatic carbocycles. The van der Waals surface area contributed by atoms with Crippen LogP contribution in [-0.4, -0.2) is 14.6 Å². The quantitative estimate of drug-likeness (QED) is 0.788. The molecule has 5 heteroatoms. The molecular formula is C14H16N4S. The Labute approximate surface area is 116 Å². The van der Waals surface area contributed by atoms with Crippen LogP contribution in [0.5, 0.6) is 0 Å². The molecule has 3 aromatic heterocycles.